The molecule has 1 aromatic carbocycles. The highest BCUT2D eigenvalue weighted by molar-refractivity contribution is 9.10. The molecule has 1 saturated heterocycles. The Morgan fingerprint density at radius 1 is 1.03 bits per heavy atom. The number of amides is 1. The van der Waals surface area contributed by atoms with Crippen LogP contribution in [0.5, 0.6) is 0 Å². The van der Waals surface area contributed by atoms with E-state index in [2.05, 4.69) is 15.9 Å². The lowest BCUT2D eigenvalue weighted by molar-refractivity contribution is -0.161. The zero-order valence-electron chi connectivity index (χ0n) is 20.0. The minimum absolute atomic E-state index is 0.0933. The molecule has 5 nitrogen and oxygen atoms in total. The van der Waals surface area contributed by atoms with Gasteiger partial charge in [0, 0.05) is 17.6 Å². The van der Waals surface area contributed by atoms with Crippen LogP contribution in [-0.2, 0) is 20.7 Å². The highest BCUT2D eigenvalue weighted by Gasteiger charge is 2.65. The van der Waals surface area contributed by atoms with E-state index >= 15 is 0 Å². The highest BCUT2D eigenvalue weighted by Crippen LogP contribution is 3.02. The van der Waals surface area contributed by atoms with Gasteiger partial charge in [0.25, 0.3) is 0 Å². The zero-order chi connectivity index (χ0) is 26.4. The van der Waals surface area contributed by atoms with Crippen molar-refractivity contribution < 1.29 is 38.5 Å². The monoisotopic (exact) mass is 579 g/mol. The van der Waals surface area contributed by atoms with Gasteiger partial charge in [0.1, 0.15) is 16.1 Å². The standard InChI is InChI=1S/C22H31BrF5NO4S/c1-21(2,3)32-19(30)18(15-7-8-29(13-15)20(31)33-22(4,5)6)11-14-9-16(23)12-17(10-14)34(24,25,26,27)28/h9-10,12,15,18H,7-8,11,13H2,1-6H3/t15-,18-/m0/s1. The fourth-order valence-corrected chi connectivity index (χ4v) is 5.06. The number of hydrogen-bond donors (Lipinski definition) is 0. The highest BCUT2D eigenvalue weighted by atomic mass is 79.9. The molecule has 0 unspecified atom stereocenters. The second-order valence-electron chi connectivity index (χ2n) is 10.6. The first-order chi connectivity index (χ1) is 14.9. The van der Waals surface area contributed by atoms with Crippen molar-refractivity contribution in [1.29, 1.82) is 0 Å². The van der Waals surface area contributed by atoms with Crippen molar-refractivity contribution in [1.82, 2.24) is 4.90 Å². The van der Waals surface area contributed by atoms with E-state index in [1.807, 2.05) is 0 Å². The van der Waals surface area contributed by atoms with Gasteiger partial charge in [0.15, 0.2) is 0 Å². The lowest BCUT2D eigenvalue weighted by Crippen LogP contribution is -2.38. The van der Waals surface area contributed by atoms with Gasteiger partial charge in [-0.15, -0.1) is 0 Å². The topological polar surface area (TPSA) is 55.8 Å². The zero-order valence-corrected chi connectivity index (χ0v) is 22.4. The van der Waals surface area contributed by atoms with Crippen LogP contribution in [0, 0.1) is 11.8 Å². The summed E-state index contributed by atoms with van der Waals surface area (Å²) in [6.45, 7) is 10.5. The molecule has 34 heavy (non-hydrogen) atoms. The molecule has 196 valence electrons. The SMILES string of the molecule is CC(C)(C)OC(=O)[C@@H](Cc1cc(Br)cc(S(F)(F)(F)(F)F)c1)[C@H]1CCN(C(=O)OC(C)(C)C)C1. The van der Waals surface area contributed by atoms with Crippen molar-refractivity contribution in [3.05, 3.63) is 28.2 Å². The van der Waals surface area contributed by atoms with Crippen LogP contribution < -0.4 is 0 Å². The summed E-state index contributed by atoms with van der Waals surface area (Å²) in [5, 5.41) is 0. The summed E-state index contributed by atoms with van der Waals surface area (Å²) in [5.74, 6) is -2.07. The molecule has 2 rings (SSSR count). The molecule has 0 aliphatic carbocycles. The maximum Gasteiger partial charge on any atom is 0.410 e. The van der Waals surface area contributed by atoms with Crippen LogP contribution in [0.3, 0.4) is 0 Å². The number of ether oxygens (including phenoxy) is 2. The maximum atomic E-state index is 13.4. The molecule has 1 fully saturated rings. The molecule has 1 aromatic rings. The molecule has 0 radical (unpaired) electrons. The molecule has 0 aromatic heterocycles. The van der Waals surface area contributed by atoms with E-state index in [1.165, 1.54) is 11.0 Å². The molecular formula is C22H31BrF5NO4S. The van der Waals surface area contributed by atoms with Gasteiger partial charge in [-0.3, -0.25) is 4.79 Å². The van der Waals surface area contributed by atoms with Gasteiger partial charge in [-0.25, -0.2) is 4.79 Å². The first kappa shape index (κ1) is 28.7. The second kappa shape index (κ2) is 8.53. The minimum Gasteiger partial charge on any atom is -0.460 e. The van der Waals surface area contributed by atoms with E-state index in [0.717, 1.165) is 0 Å². The largest absolute Gasteiger partial charge is 0.460 e. The summed E-state index contributed by atoms with van der Waals surface area (Å²) in [4.78, 5) is 24.8. The minimum atomic E-state index is -9.93. The third-order valence-corrected chi connectivity index (χ3v) is 6.57. The molecule has 1 aliphatic rings. The van der Waals surface area contributed by atoms with Gasteiger partial charge in [0.2, 0.25) is 0 Å². The van der Waals surface area contributed by atoms with Crippen molar-refractivity contribution in [3.8, 4) is 0 Å². The summed E-state index contributed by atoms with van der Waals surface area (Å²) in [6.07, 6.45) is -0.447. The number of rotatable bonds is 5. The first-order valence-electron chi connectivity index (χ1n) is 10.7. The van der Waals surface area contributed by atoms with Crippen LogP contribution >= 0.6 is 26.2 Å². The van der Waals surface area contributed by atoms with Crippen molar-refractivity contribution in [3.63, 3.8) is 0 Å². The fourth-order valence-electron chi connectivity index (χ4n) is 3.64. The summed E-state index contributed by atoms with van der Waals surface area (Å²) in [5.41, 5.74) is -1.69. The average Bonchev–Trinajstić information content (AvgIpc) is 3.04. The Morgan fingerprint density at radius 3 is 2.09 bits per heavy atom. The van der Waals surface area contributed by atoms with Crippen LogP contribution in [0.15, 0.2) is 27.6 Å². The van der Waals surface area contributed by atoms with Crippen molar-refractivity contribution in [2.45, 2.75) is 70.5 Å². The first-order valence-corrected chi connectivity index (χ1v) is 13.4. The molecule has 0 bridgehead atoms. The number of benzene rings is 1. The number of likely N-dealkylation sites (tertiary alicyclic amines) is 1. The summed E-state index contributed by atoms with van der Waals surface area (Å²) in [7, 11) is -9.93. The number of halogens is 6. The number of hydrogen-bond acceptors (Lipinski definition) is 4. The lowest BCUT2D eigenvalue weighted by atomic mass is 9.86. The smallest absolute Gasteiger partial charge is 0.410 e. The van der Waals surface area contributed by atoms with Crippen LogP contribution in [0.4, 0.5) is 24.2 Å². The van der Waals surface area contributed by atoms with E-state index in [9.17, 15) is 29.0 Å². The molecule has 12 heteroatoms. The second-order valence-corrected chi connectivity index (χ2v) is 13.9. The fraction of sp³-hybridized carbons (Fsp3) is 0.636. The van der Waals surface area contributed by atoms with Gasteiger partial charge in [-0.05, 0) is 84.1 Å². The van der Waals surface area contributed by atoms with Gasteiger partial charge < -0.3 is 14.4 Å². The van der Waals surface area contributed by atoms with Crippen LogP contribution in [-0.4, -0.2) is 41.3 Å². The molecule has 1 heterocycles. The predicted molar refractivity (Wildman–Crippen MR) is 124 cm³/mol. The Labute approximate surface area is 205 Å². The summed E-state index contributed by atoms with van der Waals surface area (Å²) in [6, 6.07) is 1.97. The number of nitrogens with zero attached hydrogens (tertiary/aromatic N) is 1. The number of carbonyl (C=O) groups excluding carboxylic acids is 2. The van der Waals surface area contributed by atoms with Gasteiger partial charge >= 0.3 is 22.3 Å². The van der Waals surface area contributed by atoms with E-state index in [0.29, 0.717) is 18.6 Å². The lowest BCUT2D eigenvalue weighted by Gasteiger charge is -2.41. The van der Waals surface area contributed by atoms with E-state index in [1.54, 1.807) is 41.5 Å². The number of carbonyl (C=O) groups is 2. The molecule has 1 aliphatic heterocycles. The number of esters is 1. The molecule has 0 saturated carbocycles. The van der Waals surface area contributed by atoms with Crippen molar-refractivity contribution in [2.75, 3.05) is 13.1 Å². The van der Waals surface area contributed by atoms with Crippen LogP contribution in [0.25, 0.3) is 0 Å². The molecule has 1 amide bonds. The third-order valence-electron chi connectivity index (χ3n) is 4.99. The normalized spacial score (nSPS) is 20.4. The van der Waals surface area contributed by atoms with Crippen LogP contribution in [0.1, 0.15) is 53.5 Å². The molecule has 0 N–H and O–H groups in total. The molecular weight excluding hydrogens is 549 g/mol. The van der Waals surface area contributed by atoms with E-state index < -0.39 is 50.2 Å². The van der Waals surface area contributed by atoms with E-state index in [4.69, 9.17) is 9.47 Å². The third kappa shape index (κ3) is 8.58. The van der Waals surface area contributed by atoms with Gasteiger partial charge in [0.05, 0.1) is 5.92 Å². The van der Waals surface area contributed by atoms with Gasteiger partial charge in [-0.2, -0.15) is 0 Å². The molecule has 0 spiro atoms. The van der Waals surface area contributed by atoms with E-state index in [-0.39, 0.29) is 29.5 Å². The Balaban J connectivity index is 2.36. The predicted octanol–water partition coefficient (Wildman–Crippen LogP) is 7.86. The van der Waals surface area contributed by atoms with Crippen molar-refractivity contribution >= 4 is 38.2 Å². The van der Waals surface area contributed by atoms with Gasteiger partial charge in [-0.1, -0.05) is 35.4 Å². The summed E-state index contributed by atoms with van der Waals surface area (Å²) < 4.78 is 77.8. The average molecular weight is 580 g/mol. The maximum absolute atomic E-state index is 13.4. The molecule has 2 atom stereocenters. The Hall–Kier alpha value is -1.56. The Bertz CT molecular complexity index is 958. The Kier molecular flexibility index (Phi) is 7.19. The van der Waals surface area contributed by atoms with Crippen LogP contribution in [0.2, 0.25) is 0 Å². The summed E-state index contributed by atoms with van der Waals surface area (Å²) >= 11 is 2.87. The van der Waals surface area contributed by atoms with Crippen molar-refractivity contribution in [2.24, 2.45) is 11.8 Å². The Morgan fingerprint density at radius 2 is 1.59 bits per heavy atom. The quantitative estimate of drug-likeness (QED) is 0.263.